The van der Waals surface area contributed by atoms with Gasteiger partial charge in [-0.05, 0) is 60.4 Å². The van der Waals surface area contributed by atoms with Crippen LogP contribution in [0.2, 0.25) is 5.02 Å². The van der Waals surface area contributed by atoms with Gasteiger partial charge in [0.1, 0.15) is 11.6 Å². The van der Waals surface area contributed by atoms with Crippen LogP contribution in [0.1, 0.15) is 39.5 Å². The zero-order valence-electron chi connectivity index (χ0n) is 15.4. The first kappa shape index (κ1) is 19.3. The number of pyridine rings is 1. The number of anilines is 1. The van der Waals surface area contributed by atoms with Crippen LogP contribution in [0.25, 0.3) is 0 Å². The maximum absolute atomic E-state index is 14.6. The van der Waals surface area contributed by atoms with Gasteiger partial charge in [0.25, 0.3) is 5.91 Å². The van der Waals surface area contributed by atoms with Crippen LogP contribution < -0.4 is 10.6 Å². The number of fused-ring (bicyclic) bond motifs is 1. The molecule has 1 aliphatic carbocycles. The van der Waals surface area contributed by atoms with E-state index in [0.29, 0.717) is 36.2 Å². The fourth-order valence-electron chi connectivity index (χ4n) is 3.64. The molecule has 148 valence electrons. The Morgan fingerprint density at radius 3 is 2.76 bits per heavy atom. The molecule has 3 aromatic rings. The van der Waals surface area contributed by atoms with E-state index in [9.17, 15) is 13.6 Å². The summed E-state index contributed by atoms with van der Waals surface area (Å²) in [6.07, 6.45) is 4.36. The summed E-state index contributed by atoms with van der Waals surface area (Å²) in [5, 5.41) is 6.14. The molecule has 29 heavy (non-hydrogen) atoms. The van der Waals surface area contributed by atoms with Crippen LogP contribution in [0.5, 0.6) is 0 Å². The second kappa shape index (κ2) is 8.17. The van der Waals surface area contributed by atoms with Gasteiger partial charge >= 0.3 is 0 Å². The zero-order valence-corrected chi connectivity index (χ0v) is 16.1. The van der Waals surface area contributed by atoms with Gasteiger partial charge in [-0.2, -0.15) is 0 Å². The highest BCUT2D eigenvalue weighted by Crippen LogP contribution is 2.36. The van der Waals surface area contributed by atoms with Crippen LogP contribution in [0, 0.1) is 11.6 Å². The first-order valence-electron chi connectivity index (χ1n) is 9.23. The SMILES string of the molecule is O=C(N[C@H]1CCc2c(CNc3ccc(F)c(Cl)c3)ccc(F)c21)c1cccnc1. The molecule has 1 heterocycles. The second-order valence-corrected chi connectivity index (χ2v) is 7.29. The minimum absolute atomic E-state index is 0.0394. The molecule has 2 N–H and O–H groups in total. The van der Waals surface area contributed by atoms with Gasteiger partial charge in [-0.3, -0.25) is 9.78 Å². The Balaban J connectivity index is 1.52. The fraction of sp³-hybridized carbons (Fsp3) is 0.182. The van der Waals surface area contributed by atoms with Gasteiger partial charge in [0, 0.05) is 30.2 Å². The molecule has 0 bridgehead atoms. The molecule has 0 saturated heterocycles. The van der Waals surface area contributed by atoms with E-state index in [-0.39, 0.29) is 16.7 Å². The third kappa shape index (κ3) is 4.07. The van der Waals surface area contributed by atoms with Crippen molar-refractivity contribution in [3.8, 4) is 0 Å². The smallest absolute Gasteiger partial charge is 0.253 e. The normalized spacial score (nSPS) is 15.1. The average molecular weight is 414 g/mol. The van der Waals surface area contributed by atoms with E-state index in [1.165, 1.54) is 24.4 Å². The number of nitrogens with zero attached hydrogens (tertiary/aromatic N) is 1. The van der Waals surface area contributed by atoms with Crippen molar-refractivity contribution >= 4 is 23.2 Å². The monoisotopic (exact) mass is 413 g/mol. The average Bonchev–Trinajstić information content (AvgIpc) is 3.15. The van der Waals surface area contributed by atoms with E-state index in [1.807, 2.05) is 0 Å². The number of benzene rings is 2. The first-order valence-corrected chi connectivity index (χ1v) is 9.60. The summed E-state index contributed by atoms with van der Waals surface area (Å²) >= 11 is 5.82. The number of aromatic nitrogens is 1. The third-order valence-electron chi connectivity index (χ3n) is 5.06. The number of carbonyl (C=O) groups excluding carboxylic acids is 1. The Morgan fingerprint density at radius 2 is 2.00 bits per heavy atom. The molecular formula is C22H18ClF2N3O. The first-order chi connectivity index (χ1) is 14.0. The Kier molecular flexibility index (Phi) is 5.45. The Hall–Kier alpha value is -2.99. The van der Waals surface area contributed by atoms with E-state index in [0.717, 1.165) is 11.1 Å². The van der Waals surface area contributed by atoms with E-state index >= 15 is 0 Å². The van der Waals surface area contributed by atoms with Crippen molar-refractivity contribution in [3.05, 3.63) is 93.8 Å². The topological polar surface area (TPSA) is 54.0 Å². The minimum atomic E-state index is -0.480. The number of rotatable bonds is 5. The molecule has 0 aliphatic heterocycles. The van der Waals surface area contributed by atoms with Crippen molar-refractivity contribution in [1.29, 1.82) is 0 Å². The van der Waals surface area contributed by atoms with Crippen LogP contribution in [-0.2, 0) is 13.0 Å². The van der Waals surface area contributed by atoms with Gasteiger partial charge in [-0.15, -0.1) is 0 Å². The lowest BCUT2D eigenvalue weighted by atomic mass is 10.0. The van der Waals surface area contributed by atoms with Crippen molar-refractivity contribution in [1.82, 2.24) is 10.3 Å². The molecule has 2 aromatic carbocycles. The standard InChI is InChI=1S/C22H18ClF2N3O/c23-17-10-15(4-7-18(17)24)27-12-13-3-6-19(25)21-16(13)5-8-20(21)28-22(29)14-2-1-9-26-11-14/h1-4,6-7,9-11,20,27H,5,8,12H2,(H,28,29)/t20-/m0/s1. The summed E-state index contributed by atoms with van der Waals surface area (Å²) in [5.41, 5.74) is 3.46. The van der Waals surface area contributed by atoms with Gasteiger partial charge in [0.05, 0.1) is 16.6 Å². The maximum Gasteiger partial charge on any atom is 0.253 e. The molecule has 0 spiro atoms. The lowest BCUT2D eigenvalue weighted by Gasteiger charge is -2.16. The minimum Gasteiger partial charge on any atom is -0.381 e. The maximum atomic E-state index is 14.6. The third-order valence-corrected chi connectivity index (χ3v) is 5.35. The van der Waals surface area contributed by atoms with E-state index < -0.39 is 11.9 Å². The molecule has 4 nitrogen and oxygen atoms in total. The molecular weight excluding hydrogens is 396 g/mol. The van der Waals surface area contributed by atoms with E-state index in [1.54, 1.807) is 30.5 Å². The van der Waals surface area contributed by atoms with Crippen LogP contribution >= 0.6 is 11.6 Å². The number of carbonyl (C=O) groups is 1. The summed E-state index contributed by atoms with van der Waals surface area (Å²) < 4.78 is 27.9. The van der Waals surface area contributed by atoms with E-state index in [2.05, 4.69) is 15.6 Å². The molecule has 7 heteroatoms. The molecule has 1 amide bonds. The Morgan fingerprint density at radius 1 is 1.17 bits per heavy atom. The van der Waals surface area contributed by atoms with Crippen LogP contribution in [0.15, 0.2) is 54.9 Å². The lowest BCUT2D eigenvalue weighted by molar-refractivity contribution is 0.0936. The Bertz CT molecular complexity index is 1060. The van der Waals surface area contributed by atoms with Crippen molar-refractivity contribution < 1.29 is 13.6 Å². The van der Waals surface area contributed by atoms with Crippen LogP contribution in [0.3, 0.4) is 0 Å². The van der Waals surface area contributed by atoms with Gasteiger partial charge in [0.15, 0.2) is 0 Å². The molecule has 1 atom stereocenters. The number of hydrogen-bond donors (Lipinski definition) is 2. The van der Waals surface area contributed by atoms with Gasteiger partial charge in [0.2, 0.25) is 0 Å². The second-order valence-electron chi connectivity index (χ2n) is 6.89. The van der Waals surface area contributed by atoms with Crippen molar-refractivity contribution in [2.75, 3.05) is 5.32 Å². The number of amides is 1. The highest BCUT2D eigenvalue weighted by molar-refractivity contribution is 6.31. The molecule has 1 aliphatic rings. The predicted octanol–water partition coefficient (Wildman–Crippen LogP) is 5.04. The quantitative estimate of drug-likeness (QED) is 0.616. The Labute approximate surface area is 171 Å². The molecule has 0 unspecified atom stereocenters. The van der Waals surface area contributed by atoms with Crippen LogP contribution in [-0.4, -0.2) is 10.9 Å². The molecule has 4 rings (SSSR count). The highest BCUT2D eigenvalue weighted by Gasteiger charge is 2.29. The zero-order chi connectivity index (χ0) is 20.4. The number of nitrogens with one attached hydrogen (secondary N) is 2. The molecule has 0 fully saturated rings. The summed E-state index contributed by atoms with van der Waals surface area (Å²) in [6.45, 7) is 0.438. The van der Waals surface area contributed by atoms with Crippen molar-refractivity contribution in [2.24, 2.45) is 0 Å². The van der Waals surface area contributed by atoms with Crippen molar-refractivity contribution in [3.63, 3.8) is 0 Å². The molecule has 0 saturated carbocycles. The van der Waals surface area contributed by atoms with E-state index in [4.69, 9.17) is 11.6 Å². The summed E-state index contributed by atoms with van der Waals surface area (Å²) in [6, 6.07) is 10.5. The summed E-state index contributed by atoms with van der Waals surface area (Å²) in [7, 11) is 0. The van der Waals surface area contributed by atoms with Gasteiger partial charge < -0.3 is 10.6 Å². The largest absolute Gasteiger partial charge is 0.381 e. The van der Waals surface area contributed by atoms with Gasteiger partial charge in [-0.25, -0.2) is 8.78 Å². The number of hydrogen-bond acceptors (Lipinski definition) is 3. The van der Waals surface area contributed by atoms with Crippen molar-refractivity contribution in [2.45, 2.75) is 25.4 Å². The fourth-order valence-corrected chi connectivity index (χ4v) is 3.82. The number of halogens is 3. The predicted molar refractivity (Wildman–Crippen MR) is 108 cm³/mol. The van der Waals surface area contributed by atoms with Gasteiger partial charge in [-0.1, -0.05) is 17.7 Å². The summed E-state index contributed by atoms with van der Waals surface area (Å²) in [5.74, 6) is -1.09. The molecule has 0 radical (unpaired) electrons. The summed E-state index contributed by atoms with van der Waals surface area (Å²) in [4.78, 5) is 16.4. The lowest BCUT2D eigenvalue weighted by Crippen LogP contribution is -2.27. The highest BCUT2D eigenvalue weighted by atomic mass is 35.5. The molecule has 1 aromatic heterocycles. The van der Waals surface area contributed by atoms with Crippen LogP contribution in [0.4, 0.5) is 14.5 Å².